The minimum absolute atomic E-state index is 0.00821. The van der Waals surface area contributed by atoms with Gasteiger partial charge in [-0.3, -0.25) is 4.79 Å². The zero-order chi connectivity index (χ0) is 18.1. The number of fused-ring (bicyclic) bond motifs is 1. The molecule has 1 amide bonds. The summed E-state index contributed by atoms with van der Waals surface area (Å²) in [6.07, 6.45) is -0.308. The van der Waals surface area contributed by atoms with Gasteiger partial charge in [-0.15, -0.1) is 11.3 Å². The van der Waals surface area contributed by atoms with Crippen LogP contribution in [0.4, 0.5) is 0 Å². The highest BCUT2D eigenvalue weighted by molar-refractivity contribution is 7.91. The number of nitrogens with zero attached hydrogens (tertiary/aromatic N) is 1. The second kappa shape index (κ2) is 6.92. The van der Waals surface area contributed by atoms with Crippen LogP contribution in [-0.2, 0) is 21.2 Å². The number of benzene rings is 1. The number of amides is 1. The summed E-state index contributed by atoms with van der Waals surface area (Å²) in [4.78, 5) is 15.8. The number of sulfone groups is 1. The van der Waals surface area contributed by atoms with Gasteiger partial charge in [0.25, 0.3) is 5.91 Å². The third-order valence-electron chi connectivity index (χ3n) is 4.62. The van der Waals surface area contributed by atoms with E-state index in [2.05, 4.69) is 0 Å². The van der Waals surface area contributed by atoms with Crippen LogP contribution in [0.25, 0.3) is 0 Å². The lowest BCUT2D eigenvalue weighted by molar-refractivity contribution is -0.143. The molecule has 1 aromatic heterocycles. The third kappa shape index (κ3) is 3.57. The number of hydrogen-bond acceptors (Lipinski definition) is 6. The van der Waals surface area contributed by atoms with Crippen LogP contribution in [0, 0.1) is 0 Å². The van der Waals surface area contributed by atoms with Crippen LogP contribution in [-0.4, -0.2) is 49.5 Å². The van der Waals surface area contributed by atoms with Gasteiger partial charge in [0.05, 0.1) is 18.1 Å². The molecule has 2 aliphatic rings. The molecule has 138 valence electrons. The molecule has 26 heavy (non-hydrogen) atoms. The highest BCUT2D eigenvalue weighted by Crippen LogP contribution is 2.32. The van der Waals surface area contributed by atoms with Crippen LogP contribution in [0.15, 0.2) is 41.8 Å². The van der Waals surface area contributed by atoms with Crippen molar-refractivity contribution in [2.75, 3.05) is 18.1 Å². The summed E-state index contributed by atoms with van der Waals surface area (Å²) in [5, 5.41) is 1.94. The zero-order valence-electron chi connectivity index (χ0n) is 14.0. The standard InChI is InChI=1S/C18H19NO5S2/c20-18(17-11-23-15-5-1-2-6-16(15)24-17)19(10-14-4-3-8-25-14)13-7-9-26(21,22)12-13/h1-6,8,13,17H,7,9-12H2/t13-,17+/m0/s1. The molecule has 1 saturated heterocycles. The van der Waals surface area contributed by atoms with E-state index in [1.54, 1.807) is 28.4 Å². The molecule has 2 aromatic rings. The molecule has 6 nitrogen and oxygen atoms in total. The van der Waals surface area contributed by atoms with Gasteiger partial charge in [-0.05, 0) is 30.0 Å². The van der Waals surface area contributed by atoms with Gasteiger partial charge in [-0.2, -0.15) is 0 Å². The lowest BCUT2D eigenvalue weighted by Crippen LogP contribution is -2.50. The van der Waals surface area contributed by atoms with E-state index in [-0.39, 0.29) is 30.1 Å². The topological polar surface area (TPSA) is 72.9 Å². The van der Waals surface area contributed by atoms with E-state index in [1.807, 2.05) is 29.6 Å². The fourth-order valence-corrected chi connectivity index (χ4v) is 5.74. The van der Waals surface area contributed by atoms with Crippen molar-refractivity contribution in [3.63, 3.8) is 0 Å². The number of para-hydroxylation sites is 2. The van der Waals surface area contributed by atoms with Crippen molar-refractivity contribution < 1.29 is 22.7 Å². The molecule has 2 aliphatic heterocycles. The summed E-state index contributed by atoms with van der Waals surface area (Å²) in [7, 11) is -3.09. The minimum atomic E-state index is -3.09. The Hall–Kier alpha value is -2.06. The number of carbonyl (C=O) groups excluding carboxylic acids is 1. The van der Waals surface area contributed by atoms with Crippen molar-refractivity contribution in [3.05, 3.63) is 46.7 Å². The van der Waals surface area contributed by atoms with E-state index < -0.39 is 15.9 Å². The summed E-state index contributed by atoms with van der Waals surface area (Å²) in [6, 6.07) is 10.8. The molecule has 0 aliphatic carbocycles. The van der Waals surface area contributed by atoms with Gasteiger partial charge < -0.3 is 14.4 Å². The molecule has 0 radical (unpaired) electrons. The lowest BCUT2D eigenvalue weighted by Gasteiger charge is -2.33. The SMILES string of the molecule is O=C([C@H]1COc2ccccc2O1)N(Cc1cccs1)[C@H]1CCS(=O)(=O)C1. The Morgan fingerprint density at radius 1 is 1.19 bits per heavy atom. The Bertz CT molecular complexity index is 894. The summed E-state index contributed by atoms with van der Waals surface area (Å²) in [6.45, 7) is 0.508. The van der Waals surface area contributed by atoms with Gasteiger partial charge in [0.1, 0.15) is 6.61 Å². The molecule has 4 rings (SSSR count). The second-order valence-electron chi connectivity index (χ2n) is 6.47. The van der Waals surface area contributed by atoms with Crippen molar-refractivity contribution in [1.82, 2.24) is 4.90 Å². The molecule has 0 N–H and O–H groups in total. The van der Waals surface area contributed by atoms with E-state index in [4.69, 9.17) is 9.47 Å². The van der Waals surface area contributed by atoms with Crippen molar-refractivity contribution in [1.29, 1.82) is 0 Å². The minimum Gasteiger partial charge on any atom is -0.485 e. The second-order valence-corrected chi connectivity index (χ2v) is 9.73. The fraction of sp³-hybridized carbons (Fsp3) is 0.389. The smallest absolute Gasteiger partial charge is 0.267 e. The third-order valence-corrected chi connectivity index (χ3v) is 7.23. The lowest BCUT2D eigenvalue weighted by atomic mass is 10.1. The van der Waals surface area contributed by atoms with E-state index in [9.17, 15) is 13.2 Å². The molecule has 1 aromatic carbocycles. The van der Waals surface area contributed by atoms with E-state index in [1.165, 1.54) is 0 Å². The quantitative estimate of drug-likeness (QED) is 0.795. The number of hydrogen-bond donors (Lipinski definition) is 0. The van der Waals surface area contributed by atoms with Crippen molar-refractivity contribution in [3.8, 4) is 11.5 Å². The van der Waals surface area contributed by atoms with Gasteiger partial charge in [-0.25, -0.2) is 8.42 Å². The number of thiophene rings is 1. The van der Waals surface area contributed by atoms with Crippen LogP contribution >= 0.6 is 11.3 Å². The highest BCUT2D eigenvalue weighted by Gasteiger charge is 2.39. The zero-order valence-corrected chi connectivity index (χ0v) is 15.7. The van der Waals surface area contributed by atoms with Crippen molar-refractivity contribution in [2.24, 2.45) is 0 Å². The predicted octanol–water partition coefficient (Wildman–Crippen LogP) is 2.10. The molecule has 8 heteroatoms. The normalized spacial score (nSPS) is 23.5. The van der Waals surface area contributed by atoms with Gasteiger partial charge >= 0.3 is 0 Å². The van der Waals surface area contributed by atoms with E-state index in [0.29, 0.717) is 24.5 Å². The maximum atomic E-state index is 13.2. The van der Waals surface area contributed by atoms with Crippen molar-refractivity contribution in [2.45, 2.75) is 25.1 Å². The maximum absolute atomic E-state index is 13.2. The van der Waals surface area contributed by atoms with Gasteiger partial charge in [0.2, 0.25) is 6.10 Å². The first-order chi connectivity index (χ1) is 12.5. The van der Waals surface area contributed by atoms with Crippen LogP contribution in [0.5, 0.6) is 11.5 Å². The highest BCUT2D eigenvalue weighted by atomic mass is 32.2. The number of rotatable bonds is 4. The van der Waals surface area contributed by atoms with Crippen molar-refractivity contribution >= 4 is 27.1 Å². The van der Waals surface area contributed by atoms with Crippen LogP contribution in [0.3, 0.4) is 0 Å². The molecular formula is C18H19NO5S2. The first kappa shape index (κ1) is 17.4. The van der Waals surface area contributed by atoms with E-state index >= 15 is 0 Å². The van der Waals surface area contributed by atoms with Crippen LogP contribution in [0.1, 0.15) is 11.3 Å². The average molecular weight is 393 g/mol. The molecule has 3 heterocycles. The fourth-order valence-electron chi connectivity index (χ4n) is 3.30. The maximum Gasteiger partial charge on any atom is 0.267 e. The molecule has 1 fully saturated rings. The number of ether oxygens (including phenoxy) is 2. The Balaban J connectivity index is 1.56. The predicted molar refractivity (Wildman–Crippen MR) is 98.3 cm³/mol. The molecule has 0 unspecified atom stereocenters. The summed E-state index contributed by atoms with van der Waals surface area (Å²) >= 11 is 1.55. The molecule has 2 atom stereocenters. The first-order valence-corrected chi connectivity index (χ1v) is 11.1. The molecule has 0 bridgehead atoms. The van der Waals surface area contributed by atoms with Crippen LogP contribution in [0.2, 0.25) is 0 Å². The molecular weight excluding hydrogens is 374 g/mol. The molecule has 0 spiro atoms. The average Bonchev–Trinajstić information content (AvgIpc) is 3.27. The summed E-state index contributed by atoms with van der Waals surface area (Å²) in [5.74, 6) is 1.05. The Morgan fingerprint density at radius 3 is 2.69 bits per heavy atom. The Kier molecular flexibility index (Phi) is 4.62. The summed E-state index contributed by atoms with van der Waals surface area (Å²) in [5.41, 5.74) is 0. The monoisotopic (exact) mass is 393 g/mol. The van der Waals surface area contributed by atoms with Gasteiger partial charge in [0, 0.05) is 10.9 Å². The Morgan fingerprint density at radius 2 is 2.00 bits per heavy atom. The summed E-state index contributed by atoms with van der Waals surface area (Å²) < 4.78 is 35.3. The largest absolute Gasteiger partial charge is 0.485 e. The van der Waals surface area contributed by atoms with E-state index in [0.717, 1.165) is 4.88 Å². The van der Waals surface area contributed by atoms with Crippen LogP contribution < -0.4 is 9.47 Å². The van der Waals surface area contributed by atoms with Gasteiger partial charge in [0.15, 0.2) is 21.3 Å². The van der Waals surface area contributed by atoms with Gasteiger partial charge in [-0.1, -0.05) is 18.2 Å². The Labute approximate surface area is 156 Å². The first-order valence-electron chi connectivity index (χ1n) is 8.43. The molecule has 0 saturated carbocycles. The number of carbonyl (C=O) groups is 1.